The molecule has 0 unspecified atom stereocenters. The van der Waals surface area contributed by atoms with Crippen molar-refractivity contribution in [2.45, 2.75) is 143 Å². The third kappa shape index (κ3) is 26.5. The molecule has 4 nitrogen and oxygen atoms in total. The van der Waals surface area contributed by atoms with Gasteiger partial charge in [-0.2, -0.15) is 0 Å². The molecule has 0 aliphatic rings. The standard InChI is InChI=1S/C16H30O2.C12H22O2/c1-3-4-5-6-7-8-9-10-11-12-13-14-15(2)16(17)18;1-3-4-5-6-7-8-9-10-11(2)12(13)14/h14H,3-13H2,1-2H3,(H,17,18);10H,3-9H2,1-2H3,(H,13,14). The molecule has 2 N–H and O–H groups in total. The predicted octanol–water partition coefficient (Wildman–Crippen LogP) is 9.10. The quantitative estimate of drug-likeness (QED) is 0.143. The summed E-state index contributed by atoms with van der Waals surface area (Å²) < 4.78 is 0. The number of hydrogen-bond donors (Lipinski definition) is 2. The lowest BCUT2D eigenvalue weighted by Crippen LogP contribution is -1.95. The Labute approximate surface area is 198 Å². The molecule has 0 heterocycles. The van der Waals surface area contributed by atoms with Gasteiger partial charge in [-0.3, -0.25) is 0 Å². The fraction of sp³-hybridized carbons (Fsp3) is 0.786. The van der Waals surface area contributed by atoms with Gasteiger partial charge in [0, 0.05) is 11.1 Å². The van der Waals surface area contributed by atoms with E-state index in [1.54, 1.807) is 13.8 Å². The van der Waals surface area contributed by atoms with Crippen molar-refractivity contribution < 1.29 is 19.8 Å². The van der Waals surface area contributed by atoms with Crippen LogP contribution in [0.4, 0.5) is 0 Å². The van der Waals surface area contributed by atoms with Crippen molar-refractivity contribution in [3.8, 4) is 0 Å². The molecule has 188 valence electrons. The van der Waals surface area contributed by atoms with Crippen LogP contribution >= 0.6 is 0 Å². The molecule has 0 fully saturated rings. The number of carboxylic acids is 2. The van der Waals surface area contributed by atoms with E-state index >= 15 is 0 Å². The van der Waals surface area contributed by atoms with Crippen molar-refractivity contribution in [3.63, 3.8) is 0 Å². The minimum Gasteiger partial charge on any atom is -0.478 e. The fourth-order valence-electron chi connectivity index (χ4n) is 3.37. The molecule has 32 heavy (non-hydrogen) atoms. The van der Waals surface area contributed by atoms with Gasteiger partial charge in [0.05, 0.1) is 0 Å². The molecule has 0 aromatic rings. The molecular weight excluding hydrogens is 400 g/mol. The van der Waals surface area contributed by atoms with E-state index in [1.807, 2.05) is 12.2 Å². The zero-order valence-electron chi connectivity index (χ0n) is 21.6. The van der Waals surface area contributed by atoms with Crippen molar-refractivity contribution in [1.29, 1.82) is 0 Å². The highest BCUT2D eigenvalue weighted by molar-refractivity contribution is 5.86. The Morgan fingerprint density at radius 1 is 0.500 bits per heavy atom. The highest BCUT2D eigenvalue weighted by Crippen LogP contribution is 2.12. The Morgan fingerprint density at radius 2 is 0.750 bits per heavy atom. The molecule has 0 spiro atoms. The summed E-state index contributed by atoms with van der Waals surface area (Å²) in [6, 6.07) is 0. The average Bonchev–Trinajstić information content (AvgIpc) is 2.76. The van der Waals surface area contributed by atoms with Crippen LogP contribution in [0.3, 0.4) is 0 Å². The Morgan fingerprint density at radius 3 is 1.00 bits per heavy atom. The van der Waals surface area contributed by atoms with E-state index in [4.69, 9.17) is 10.2 Å². The maximum absolute atomic E-state index is 10.5. The SMILES string of the molecule is CCCCCCCCC=C(C)C(=O)O.CCCCCCCCCCCCC=C(C)C(=O)O. The number of aliphatic carboxylic acids is 2. The smallest absolute Gasteiger partial charge is 0.330 e. The second kappa shape index (κ2) is 25.7. The predicted molar refractivity (Wildman–Crippen MR) is 137 cm³/mol. The monoisotopic (exact) mass is 452 g/mol. The van der Waals surface area contributed by atoms with Gasteiger partial charge in [-0.15, -0.1) is 0 Å². The molecule has 0 aliphatic heterocycles. The van der Waals surface area contributed by atoms with Gasteiger partial charge in [0.1, 0.15) is 0 Å². The summed E-state index contributed by atoms with van der Waals surface area (Å²) in [6.45, 7) is 7.78. The maximum atomic E-state index is 10.5. The first kappa shape index (κ1) is 32.6. The first-order valence-corrected chi connectivity index (χ1v) is 13.2. The van der Waals surface area contributed by atoms with Crippen molar-refractivity contribution in [3.05, 3.63) is 23.3 Å². The molecule has 0 atom stereocenters. The van der Waals surface area contributed by atoms with E-state index in [1.165, 1.54) is 89.9 Å². The Kier molecular flexibility index (Phi) is 26.2. The summed E-state index contributed by atoms with van der Waals surface area (Å²) in [6.07, 6.45) is 26.3. The fourth-order valence-corrected chi connectivity index (χ4v) is 3.37. The minimum atomic E-state index is -0.795. The summed E-state index contributed by atoms with van der Waals surface area (Å²) >= 11 is 0. The molecule has 0 amide bonds. The first-order valence-electron chi connectivity index (χ1n) is 13.2. The molecule has 0 saturated heterocycles. The van der Waals surface area contributed by atoms with Crippen molar-refractivity contribution in [1.82, 2.24) is 0 Å². The number of carbonyl (C=O) groups is 2. The molecule has 4 heteroatoms. The van der Waals surface area contributed by atoms with E-state index < -0.39 is 11.9 Å². The molecule has 0 aromatic heterocycles. The Hall–Kier alpha value is -1.58. The Balaban J connectivity index is 0. The summed E-state index contributed by atoms with van der Waals surface area (Å²) in [5, 5.41) is 17.3. The van der Waals surface area contributed by atoms with Crippen LogP contribution in [0.5, 0.6) is 0 Å². The summed E-state index contributed by atoms with van der Waals surface area (Å²) in [4.78, 5) is 21.0. The van der Waals surface area contributed by atoms with Gasteiger partial charge in [-0.05, 0) is 39.5 Å². The van der Waals surface area contributed by atoms with Gasteiger partial charge in [0.15, 0.2) is 0 Å². The molecule has 0 bridgehead atoms. The molecule has 0 rings (SSSR count). The largest absolute Gasteiger partial charge is 0.478 e. The van der Waals surface area contributed by atoms with E-state index in [0.717, 1.165) is 25.7 Å². The molecule has 0 radical (unpaired) electrons. The number of hydrogen-bond acceptors (Lipinski definition) is 2. The second-order valence-corrected chi connectivity index (χ2v) is 8.91. The lowest BCUT2D eigenvalue weighted by molar-refractivity contribution is -0.133. The van der Waals surface area contributed by atoms with Gasteiger partial charge >= 0.3 is 11.9 Å². The third-order valence-electron chi connectivity index (χ3n) is 5.69. The second-order valence-electron chi connectivity index (χ2n) is 8.91. The van der Waals surface area contributed by atoms with Crippen LogP contribution in [0.15, 0.2) is 23.3 Å². The van der Waals surface area contributed by atoms with Crippen LogP contribution in [0.2, 0.25) is 0 Å². The van der Waals surface area contributed by atoms with Gasteiger partial charge in [0.2, 0.25) is 0 Å². The highest BCUT2D eigenvalue weighted by Gasteiger charge is 1.98. The molecule has 0 saturated carbocycles. The van der Waals surface area contributed by atoms with Crippen LogP contribution in [0.25, 0.3) is 0 Å². The average molecular weight is 453 g/mol. The van der Waals surface area contributed by atoms with Crippen molar-refractivity contribution in [2.24, 2.45) is 0 Å². The summed E-state index contributed by atoms with van der Waals surface area (Å²) in [5.41, 5.74) is 0.949. The highest BCUT2D eigenvalue weighted by atomic mass is 16.4. The van der Waals surface area contributed by atoms with Crippen LogP contribution in [0, 0.1) is 0 Å². The van der Waals surface area contributed by atoms with E-state index in [9.17, 15) is 9.59 Å². The minimum absolute atomic E-state index is 0.471. The normalized spacial score (nSPS) is 11.8. The van der Waals surface area contributed by atoms with E-state index in [2.05, 4.69) is 13.8 Å². The van der Waals surface area contributed by atoms with E-state index in [0.29, 0.717) is 11.1 Å². The lowest BCUT2D eigenvalue weighted by Gasteiger charge is -2.01. The van der Waals surface area contributed by atoms with Crippen LogP contribution in [-0.2, 0) is 9.59 Å². The number of unbranched alkanes of at least 4 members (excludes halogenated alkanes) is 16. The van der Waals surface area contributed by atoms with Gasteiger partial charge in [-0.25, -0.2) is 9.59 Å². The lowest BCUT2D eigenvalue weighted by atomic mass is 10.1. The third-order valence-corrected chi connectivity index (χ3v) is 5.69. The van der Waals surface area contributed by atoms with Crippen molar-refractivity contribution >= 4 is 11.9 Å². The van der Waals surface area contributed by atoms with Gasteiger partial charge in [0.25, 0.3) is 0 Å². The number of rotatable bonds is 20. The number of carboxylic acid groups (broad SMARTS) is 2. The number of allylic oxidation sites excluding steroid dienone is 2. The topological polar surface area (TPSA) is 74.6 Å². The van der Waals surface area contributed by atoms with Gasteiger partial charge < -0.3 is 10.2 Å². The van der Waals surface area contributed by atoms with Crippen molar-refractivity contribution in [2.75, 3.05) is 0 Å². The zero-order chi connectivity index (χ0) is 24.5. The summed E-state index contributed by atoms with van der Waals surface area (Å²) in [7, 11) is 0. The first-order chi connectivity index (χ1) is 15.4. The zero-order valence-corrected chi connectivity index (χ0v) is 21.6. The van der Waals surface area contributed by atoms with Crippen LogP contribution in [-0.4, -0.2) is 22.2 Å². The summed E-state index contributed by atoms with van der Waals surface area (Å²) in [5.74, 6) is -1.59. The van der Waals surface area contributed by atoms with E-state index in [-0.39, 0.29) is 0 Å². The Bertz CT molecular complexity index is 506. The molecular formula is C28H52O4. The molecule has 0 aromatic carbocycles. The van der Waals surface area contributed by atoms with Crippen LogP contribution < -0.4 is 0 Å². The van der Waals surface area contributed by atoms with Gasteiger partial charge in [-0.1, -0.05) is 116 Å². The maximum Gasteiger partial charge on any atom is 0.330 e. The molecule has 0 aliphatic carbocycles. The van der Waals surface area contributed by atoms with Crippen LogP contribution in [0.1, 0.15) is 143 Å².